The number of methoxy groups -OCH3 is 1. The van der Waals surface area contributed by atoms with Gasteiger partial charge in [0.2, 0.25) is 5.91 Å². The Bertz CT molecular complexity index is 626. The quantitative estimate of drug-likeness (QED) is 0.893. The summed E-state index contributed by atoms with van der Waals surface area (Å²) in [6, 6.07) is 9.16. The second kappa shape index (κ2) is 6.06. The number of rotatable bonds is 4. The number of nitrogens with two attached hydrogens (primary N) is 1. The highest BCUT2D eigenvalue weighted by molar-refractivity contribution is 5.91. The maximum absolute atomic E-state index is 12.0. The third kappa shape index (κ3) is 3.47. The van der Waals surface area contributed by atoms with Gasteiger partial charge in [0.05, 0.1) is 25.4 Å². The second-order valence-corrected chi connectivity index (χ2v) is 4.50. The number of aromatic nitrogens is 1. The van der Waals surface area contributed by atoms with E-state index in [9.17, 15) is 4.79 Å². The van der Waals surface area contributed by atoms with Gasteiger partial charge in [-0.25, -0.2) is 4.98 Å². The molecule has 0 unspecified atom stereocenters. The standard InChI is InChI=1S/C15H17N3O2/c1-10-6-14(17-9-13(10)16)18-15(19)8-11-4-3-5-12(7-11)20-2/h3-7,9H,8,16H2,1-2H3,(H,17,18,19). The maximum Gasteiger partial charge on any atom is 0.229 e. The van der Waals surface area contributed by atoms with Crippen LogP contribution < -0.4 is 15.8 Å². The number of nitrogens with zero attached hydrogens (tertiary/aromatic N) is 1. The zero-order valence-corrected chi connectivity index (χ0v) is 11.5. The Hall–Kier alpha value is -2.56. The summed E-state index contributed by atoms with van der Waals surface area (Å²) in [6.07, 6.45) is 1.80. The summed E-state index contributed by atoms with van der Waals surface area (Å²) in [7, 11) is 1.60. The highest BCUT2D eigenvalue weighted by Crippen LogP contribution is 2.15. The van der Waals surface area contributed by atoms with Crippen LogP contribution in [0, 0.1) is 6.92 Å². The van der Waals surface area contributed by atoms with Crippen LogP contribution in [0.3, 0.4) is 0 Å². The SMILES string of the molecule is COc1cccc(CC(=O)Nc2cc(C)c(N)cn2)c1. The predicted molar refractivity (Wildman–Crippen MR) is 78.7 cm³/mol. The third-order valence-corrected chi connectivity index (χ3v) is 2.92. The smallest absolute Gasteiger partial charge is 0.229 e. The highest BCUT2D eigenvalue weighted by Gasteiger charge is 2.06. The normalized spacial score (nSPS) is 10.1. The van der Waals surface area contributed by atoms with Crippen molar-refractivity contribution < 1.29 is 9.53 Å². The first-order chi connectivity index (χ1) is 9.58. The molecule has 0 bridgehead atoms. The predicted octanol–water partition coefficient (Wildman–Crippen LogP) is 2.16. The van der Waals surface area contributed by atoms with Crippen molar-refractivity contribution in [2.45, 2.75) is 13.3 Å². The van der Waals surface area contributed by atoms with Gasteiger partial charge in [-0.1, -0.05) is 12.1 Å². The van der Waals surface area contributed by atoms with E-state index < -0.39 is 0 Å². The van der Waals surface area contributed by atoms with Gasteiger partial charge in [-0.3, -0.25) is 4.79 Å². The van der Waals surface area contributed by atoms with E-state index in [-0.39, 0.29) is 12.3 Å². The molecule has 5 nitrogen and oxygen atoms in total. The largest absolute Gasteiger partial charge is 0.497 e. The van der Waals surface area contributed by atoms with Crippen LogP contribution in [0.2, 0.25) is 0 Å². The van der Waals surface area contributed by atoms with Crippen molar-refractivity contribution in [3.05, 3.63) is 47.7 Å². The fraction of sp³-hybridized carbons (Fsp3) is 0.200. The molecular weight excluding hydrogens is 254 g/mol. The molecular formula is C15H17N3O2. The Morgan fingerprint density at radius 1 is 1.40 bits per heavy atom. The van der Waals surface area contributed by atoms with Gasteiger partial charge in [0.25, 0.3) is 0 Å². The molecule has 1 aromatic carbocycles. The molecule has 0 spiro atoms. The van der Waals surface area contributed by atoms with Crippen molar-refractivity contribution in [1.82, 2.24) is 4.98 Å². The van der Waals surface area contributed by atoms with E-state index in [0.29, 0.717) is 11.5 Å². The fourth-order valence-corrected chi connectivity index (χ4v) is 1.79. The molecule has 104 valence electrons. The van der Waals surface area contributed by atoms with Gasteiger partial charge >= 0.3 is 0 Å². The van der Waals surface area contributed by atoms with Crippen LogP contribution in [0.25, 0.3) is 0 Å². The molecule has 3 N–H and O–H groups in total. The first kappa shape index (κ1) is 13.9. The molecule has 1 aromatic heterocycles. The summed E-state index contributed by atoms with van der Waals surface area (Å²) < 4.78 is 5.13. The lowest BCUT2D eigenvalue weighted by Gasteiger charge is -2.07. The Labute approximate surface area is 117 Å². The number of anilines is 2. The van der Waals surface area contributed by atoms with Crippen molar-refractivity contribution in [3.8, 4) is 5.75 Å². The summed E-state index contributed by atoms with van der Waals surface area (Å²) in [4.78, 5) is 16.0. The van der Waals surface area contributed by atoms with Crippen LogP contribution >= 0.6 is 0 Å². The molecule has 2 rings (SSSR count). The van der Waals surface area contributed by atoms with Gasteiger partial charge < -0.3 is 15.8 Å². The number of carbonyl (C=O) groups excluding carboxylic acids is 1. The molecule has 0 aliphatic carbocycles. The van der Waals surface area contributed by atoms with Gasteiger partial charge in [0.1, 0.15) is 11.6 Å². The number of nitrogen functional groups attached to an aromatic ring is 1. The molecule has 0 atom stereocenters. The fourth-order valence-electron chi connectivity index (χ4n) is 1.79. The molecule has 20 heavy (non-hydrogen) atoms. The average Bonchev–Trinajstić information content (AvgIpc) is 2.43. The van der Waals surface area contributed by atoms with E-state index >= 15 is 0 Å². The molecule has 5 heteroatoms. The number of nitrogens with one attached hydrogen (secondary N) is 1. The van der Waals surface area contributed by atoms with Crippen molar-refractivity contribution in [1.29, 1.82) is 0 Å². The minimum absolute atomic E-state index is 0.130. The van der Waals surface area contributed by atoms with Crippen molar-refractivity contribution in [2.75, 3.05) is 18.2 Å². The number of ether oxygens (including phenoxy) is 1. The van der Waals surface area contributed by atoms with E-state index in [1.807, 2.05) is 31.2 Å². The topological polar surface area (TPSA) is 77.2 Å². The number of pyridine rings is 1. The van der Waals surface area contributed by atoms with Crippen LogP contribution in [-0.2, 0) is 11.2 Å². The van der Waals surface area contributed by atoms with Crippen molar-refractivity contribution in [2.24, 2.45) is 0 Å². The first-order valence-electron chi connectivity index (χ1n) is 6.23. The Morgan fingerprint density at radius 3 is 2.90 bits per heavy atom. The van der Waals surface area contributed by atoms with Gasteiger partial charge in [0.15, 0.2) is 0 Å². The maximum atomic E-state index is 12.0. The van der Waals surface area contributed by atoms with E-state index in [0.717, 1.165) is 16.9 Å². The summed E-state index contributed by atoms with van der Waals surface area (Å²) in [6.45, 7) is 1.87. The molecule has 1 amide bonds. The van der Waals surface area contributed by atoms with Gasteiger partial charge in [-0.15, -0.1) is 0 Å². The van der Waals surface area contributed by atoms with E-state index in [2.05, 4.69) is 10.3 Å². The molecule has 0 aliphatic rings. The molecule has 0 radical (unpaired) electrons. The minimum Gasteiger partial charge on any atom is -0.497 e. The Morgan fingerprint density at radius 2 is 2.20 bits per heavy atom. The van der Waals surface area contributed by atoms with Crippen LogP contribution in [-0.4, -0.2) is 18.0 Å². The lowest BCUT2D eigenvalue weighted by atomic mass is 10.1. The number of hydrogen-bond donors (Lipinski definition) is 2. The number of amides is 1. The summed E-state index contributed by atoms with van der Waals surface area (Å²) >= 11 is 0. The lowest BCUT2D eigenvalue weighted by molar-refractivity contribution is -0.115. The summed E-state index contributed by atoms with van der Waals surface area (Å²) in [5.74, 6) is 1.11. The van der Waals surface area contributed by atoms with E-state index in [1.54, 1.807) is 13.2 Å². The highest BCUT2D eigenvalue weighted by atomic mass is 16.5. The number of carbonyl (C=O) groups is 1. The average molecular weight is 271 g/mol. The molecule has 0 saturated carbocycles. The lowest BCUT2D eigenvalue weighted by Crippen LogP contribution is -2.15. The molecule has 0 fully saturated rings. The zero-order valence-electron chi connectivity index (χ0n) is 11.5. The Kier molecular flexibility index (Phi) is 4.20. The molecule has 0 saturated heterocycles. The monoisotopic (exact) mass is 271 g/mol. The van der Waals surface area contributed by atoms with Crippen LogP contribution in [0.1, 0.15) is 11.1 Å². The number of hydrogen-bond acceptors (Lipinski definition) is 4. The number of benzene rings is 1. The van der Waals surface area contributed by atoms with E-state index in [1.165, 1.54) is 6.20 Å². The Balaban J connectivity index is 2.03. The van der Waals surface area contributed by atoms with Gasteiger partial charge in [0, 0.05) is 0 Å². The zero-order chi connectivity index (χ0) is 14.5. The van der Waals surface area contributed by atoms with Crippen LogP contribution in [0.4, 0.5) is 11.5 Å². The van der Waals surface area contributed by atoms with Gasteiger partial charge in [-0.05, 0) is 36.2 Å². The third-order valence-electron chi connectivity index (χ3n) is 2.92. The molecule has 2 aromatic rings. The van der Waals surface area contributed by atoms with Crippen molar-refractivity contribution >= 4 is 17.4 Å². The molecule has 1 heterocycles. The summed E-state index contributed by atoms with van der Waals surface area (Å²) in [5.41, 5.74) is 8.06. The van der Waals surface area contributed by atoms with Gasteiger partial charge in [-0.2, -0.15) is 0 Å². The second-order valence-electron chi connectivity index (χ2n) is 4.50. The summed E-state index contributed by atoms with van der Waals surface area (Å²) in [5, 5.41) is 2.75. The van der Waals surface area contributed by atoms with Crippen LogP contribution in [0.15, 0.2) is 36.5 Å². The first-order valence-corrected chi connectivity index (χ1v) is 6.23. The van der Waals surface area contributed by atoms with E-state index in [4.69, 9.17) is 10.5 Å². The van der Waals surface area contributed by atoms with Crippen molar-refractivity contribution in [3.63, 3.8) is 0 Å². The van der Waals surface area contributed by atoms with Crippen LogP contribution in [0.5, 0.6) is 5.75 Å². The molecule has 0 aliphatic heterocycles. The number of aryl methyl sites for hydroxylation is 1. The minimum atomic E-state index is -0.130.